The molecule has 1 aliphatic rings. The summed E-state index contributed by atoms with van der Waals surface area (Å²) in [5.41, 5.74) is 0.521. The molecule has 0 spiro atoms. The van der Waals surface area contributed by atoms with Gasteiger partial charge in [-0.3, -0.25) is 0 Å². The average Bonchev–Trinajstić information content (AvgIpc) is 2.76. The van der Waals surface area contributed by atoms with Crippen LogP contribution in [0, 0.1) is 5.41 Å². The van der Waals surface area contributed by atoms with E-state index in [1.54, 1.807) is 0 Å². The summed E-state index contributed by atoms with van der Waals surface area (Å²) in [6, 6.07) is 8.16. The zero-order chi connectivity index (χ0) is 11.4. The molecule has 1 fully saturated rings. The SMILES string of the molecule is Clc1cccc(SCC2(CBr)CCCC2)c1. The monoisotopic (exact) mass is 318 g/mol. The molecule has 2 rings (SSSR count). The summed E-state index contributed by atoms with van der Waals surface area (Å²) >= 11 is 11.6. The Morgan fingerprint density at radius 3 is 2.69 bits per heavy atom. The highest BCUT2D eigenvalue weighted by molar-refractivity contribution is 9.09. The first-order valence-electron chi connectivity index (χ1n) is 5.68. The van der Waals surface area contributed by atoms with Gasteiger partial charge in [0.05, 0.1) is 0 Å². The van der Waals surface area contributed by atoms with Crippen LogP contribution in [0.3, 0.4) is 0 Å². The maximum Gasteiger partial charge on any atom is 0.0417 e. The fourth-order valence-corrected chi connectivity index (χ4v) is 4.76. The van der Waals surface area contributed by atoms with E-state index in [1.807, 2.05) is 23.9 Å². The lowest BCUT2D eigenvalue weighted by molar-refractivity contribution is 0.405. The van der Waals surface area contributed by atoms with E-state index in [9.17, 15) is 0 Å². The Morgan fingerprint density at radius 2 is 2.06 bits per heavy atom. The van der Waals surface area contributed by atoms with Gasteiger partial charge in [0.2, 0.25) is 0 Å². The summed E-state index contributed by atoms with van der Waals surface area (Å²) in [5.74, 6) is 1.21. The van der Waals surface area contributed by atoms with Crippen molar-refractivity contribution in [1.29, 1.82) is 0 Å². The lowest BCUT2D eigenvalue weighted by atomic mass is 9.92. The van der Waals surface area contributed by atoms with Crippen molar-refractivity contribution in [2.45, 2.75) is 30.6 Å². The Morgan fingerprint density at radius 1 is 1.31 bits per heavy atom. The van der Waals surface area contributed by atoms with E-state index in [2.05, 4.69) is 28.1 Å². The fraction of sp³-hybridized carbons (Fsp3) is 0.538. The molecule has 0 aromatic heterocycles. The van der Waals surface area contributed by atoms with E-state index in [0.29, 0.717) is 5.41 Å². The lowest BCUT2D eigenvalue weighted by Crippen LogP contribution is -2.21. The first-order chi connectivity index (χ1) is 7.74. The molecule has 0 aliphatic heterocycles. The molecular formula is C13H16BrClS. The fourth-order valence-electron chi connectivity index (χ4n) is 2.23. The molecule has 3 heteroatoms. The van der Waals surface area contributed by atoms with Crippen LogP contribution in [0.2, 0.25) is 5.02 Å². The maximum atomic E-state index is 5.99. The zero-order valence-electron chi connectivity index (χ0n) is 9.22. The normalized spacial score (nSPS) is 18.9. The Balaban J connectivity index is 1.95. The number of thioether (sulfide) groups is 1. The molecule has 0 bridgehead atoms. The third-order valence-electron chi connectivity index (χ3n) is 3.29. The van der Waals surface area contributed by atoms with Crippen molar-refractivity contribution in [3.8, 4) is 0 Å². The van der Waals surface area contributed by atoms with Crippen molar-refractivity contribution in [2.75, 3.05) is 11.1 Å². The van der Waals surface area contributed by atoms with Gasteiger partial charge in [-0.2, -0.15) is 0 Å². The lowest BCUT2D eigenvalue weighted by Gasteiger charge is -2.25. The molecule has 88 valence electrons. The van der Waals surface area contributed by atoms with E-state index in [-0.39, 0.29) is 0 Å². The molecule has 0 heterocycles. The molecule has 0 amide bonds. The minimum Gasteiger partial charge on any atom is -0.126 e. The van der Waals surface area contributed by atoms with Crippen molar-refractivity contribution < 1.29 is 0 Å². The summed E-state index contributed by atoms with van der Waals surface area (Å²) in [6.45, 7) is 0. The summed E-state index contributed by atoms with van der Waals surface area (Å²) < 4.78 is 0. The van der Waals surface area contributed by atoms with E-state index >= 15 is 0 Å². The first kappa shape index (κ1) is 12.8. The third kappa shape index (κ3) is 3.18. The molecule has 0 radical (unpaired) electrons. The second-order valence-electron chi connectivity index (χ2n) is 4.59. The zero-order valence-corrected chi connectivity index (χ0v) is 12.4. The van der Waals surface area contributed by atoms with Gasteiger partial charge < -0.3 is 0 Å². The van der Waals surface area contributed by atoms with Crippen molar-refractivity contribution >= 4 is 39.3 Å². The van der Waals surface area contributed by atoms with Gasteiger partial charge in [-0.25, -0.2) is 0 Å². The van der Waals surface area contributed by atoms with Gasteiger partial charge in [-0.1, -0.05) is 46.4 Å². The van der Waals surface area contributed by atoms with Crippen LogP contribution in [0.4, 0.5) is 0 Å². The Hall–Kier alpha value is 0.340. The van der Waals surface area contributed by atoms with Crippen molar-refractivity contribution in [3.05, 3.63) is 29.3 Å². The maximum absolute atomic E-state index is 5.99. The molecule has 1 saturated carbocycles. The highest BCUT2D eigenvalue weighted by Gasteiger charge is 2.32. The number of hydrogen-bond acceptors (Lipinski definition) is 1. The number of benzene rings is 1. The minimum atomic E-state index is 0.521. The quantitative estimate of drug-likeness (QED) is 0.530. The highest BCUT2D eigenvalue weighted by Crippen LogP contribution is 2.43. The van der Waals surface area contributed by atoms with E-state index in [1.165, 1.54) is 36.3 Å². The van der Waals surface area contributed by atoms with E-state index in [4.69, 9.17) is 11.6 Å². The molecule has 0 unspecified atom stereocenters. The van der Waals surface area contributed by atoms with Crippen molar-refractivity contribution in [3.63, 3.8) is 0 Å². The summed E-state index contributed by atoms with van der Waals surface area (Å²) in [7, 11) is 0. The summed E-state index contributed by atoms with van der Waals surface area (Å²) in [4.78, 5) is 1.29. The predicted molar refractivity (Wildman–Crippen MR) is 76.9 cm³/mol. The van der Waals surface area contributed by atoms with Gasteiger partial charge in [-0.15, -0.1) is 11.8 Å². The molecule has 1 aliphatic carbocycles. The molecule has 0 saturated heterocycles. The highest BCUT2D eigenvalue weighted by atomic mass is 79.9. The van der Waals surface area contributed by atoms with Crippen molar-refractivity contribution in [2.24, 2.45) is 5.41 Å². The largest absolute Gasteiger partial charge is 0.126 e. The Labute approximate surface area is 115 Å². The second kappa shape index (κ2) is 5.79. The van der Waals surface area contributed by atoms with Gasteiger partial charge in [0.1, 0.15) is 0 Å². The molecule has 0 N–H and O–H groups in total. The third-order valence-corrected chi connectivity index (χ3v) is 6.06. The Kier molecular flexibility index (Phi) is 4.63. The van der Waals surface area contributed by atoms with E-state index in [0.717, 1.165) is 10.4 Å². The molecule has 1 aromatic rings. The van der Waals surface area contributed by atoms with Gasteiger partial charge in [0.25, 0.3) is 0 Å². The molecule has 0 atom stereocenters. The van der Waals surface area contributed by atoms with Crippen LogP contribution in [0.5, 0.6) is 0 Å². The van der Waals surface area contributed by atoms with Gasteiger partial charge >= 0.3 is 0 Å². The smallest absolute Gasteiger partial charge is 0.0417 e. The van der Waals surface area contributed by atoms with Crippen LogP contribution in [0.15, 0.2) is 29.2 Å². The topological polar surface area (TPSA) is 0 Å². The van der Waals surface area contributed by atoms with Gasteiger partial charge in [0.15, 0.2) is 0 Å². The van der Waals surface area contributed by atoms with Gasteiger partial charge in [-0.05, 0) is 36.5 Å². The summed E-state index contributed by atoms with van der Waals surface area (Å²) in [5, 5.41) is 1.97. The van der Waals surface area contributed by atoms with Crippen LogP contribution < -0.4 is 0 Å². The van der Waals surface area contributed by atoms with Crippen LogP contribution in [0.25, 0.3) is 0 Å². The minimum absolute atomic E-state index is 0.521. The number of alkyl halides is 1. The number of rotatable bonds is 4. The van der Waals surface area contributed by atoms with E-state index < -0.39 is 0 Å². The standard InChI is InChI=1S/C13H16BrClS/c14-9-13(6-1-2-7-13)10-16-12-5-3-4-11(15)8-12/h3-5,8H,1-2,6-7,9-10H2. The molecular weight excluding hydrogens is 304 g/mol. The second-order valence-corrected chi connectivity index (χ2v) is 6.63. The van der Waals surface area contributed by atoms with Crippen LogP contribution in [-0.4, -0.2) is 11.1 Å². The Bertz CT molecular complexity index is 348. The first-order valence-corrected chi connectivity index (χ1v) is 8.17. The molecule has 1 aromatic carbocycles. The number of hydrogen-bond donors (Lipinski definition) is 0. The summed E-state index contributed by atoms with van der Waals surface area (Å²) in [6.07, 6.45) is 5.51. The predicted octanol–water partition coefficient (Wildman–Crippen LogP) is 5.39. The molecule has 0 nitrogen and oxygen atoms in total. The molecule has 16 heavy (non-hydrogen) atoms. The van der Waals surface area contributed by atoms with Crippen LogP contribution >= 0.6 is 39.3 Å². The van der Waals surface area contributed by atoms with Crippen molar-refractivity contribution in [1.82, 2.24) is 0 Å². The van der Waals surface area contributed by atoms with Crippen LogP contribution in [0.1, 0.15) is 25.7 Å². The number of halogens is 2. The van der Waals surface area contributed by atoms with Gasteiger partial charge in [0, 0.05) is 21.0 Å². The van der Waals surface area contributed by atoms with Crippen LogP contribution in [-0.2, 0) is 0 Å². The average molecular weight is 320 g/mol.